The smallest absolute Gasteiger partial charge is 0.275 e. The lowest BCUT2D eigenvalue weighted by Crippen LogP contribution is -2.25. The van der Waals surface area contributed by atoms with Crippen LogP contribution in [0.15, 0.2) is 53.3 Å². The highest BCUT2D eigenvalue weighted by molar-refractivity contribution is 6.19. The number of nitrogens with one attached hydrogen (secondary N) is 1. The predicted molar refractivity (Wildman–Crippen MR) is 94.0 cm³/mol. The number of hydrogen-bond donors (Lipinski definition) is 1. The predicted octanol–water partition coefficient (Wildman–Crippen LogP) is 3.13. The molecule has 0 spiro atoms. The molecule has 1 amide bonds. The summed E-state index contributed by atoms with van der Waals surface area (Å²) in [5.74, 6) is 1.32. The second-order valence-electron chi connectivity index (χ2n) is 5.82. The number of hydrogen-bond acceptors (Lipinski definition) is 4. The van der Waals surface area contributed by atoms with Gasteiger partial charge in [0.1, 0.15) is 17.1 Å². The van der Waals surface area contributed by atoms with Gasteiger partial charge >= 0.3 is 0 Å². The van der Waals surface area contributed by atoms with E-state index in [1.54, 1.807) is 19.4 Å². The number of amides is 1. The lowest BCUT2D eigenvalue weighted by molar-refractivity contribution is -0.115. The molecule has 0 bridgehead atoms. The lowest BCUT2D eigenvalue weighted by atomic mass is 10.00. The maximum atomic E-state index is 12.2. The van der Waals surface area contributed by atoms with E-state index < -0.39 is 0 Å². The Balaban J connectivity index is 2.00. The summed E-state index contributed by atoms with van der Waals surface area (Å²) in [6, 6.07) is 11.5. The highest BCUT2D eigenvalue weighted by atomic mass is 16.5. The van der Waals surface area contributed by atoms with Crippen molar-refractivity contribution < 1.29 is 9.53 Å². The van der Waals surface area contributed by atoms with Gasteiger partial charge in [-0.15, -0.1) is 0 Å². The molecular weight excluding hydrogens is 302 g/mol. The van der Waals surface area contributed by atoms with Crippen LogP contribution >= 0.6 is 0 Å². The molecule has 3 rings (SSSR count). The molecule has 0 saturated carbocycles. The van der Waals surface area contributed by atoms with E-state index in [1.807, 2.05) is 36.4 Å². The highest BCUT2D eigenvalue weighted by Gasteiger charge is 2.22. The van der Waals surface area contributed by atoms with E-state index in [2.05, 4.69) is 29.1 Å². The van der Waals surface area contributed by atoms with Crippen molar-refractivity contribution in [3.63, 3.8) is 0 Å². The van der Waals surface area contributed by atoms with Gasteiger partial charge in [0.25, 0.3) is 5.91 Å². The normalized spacial score (nSPS) is 15.6. The van der Waals surface area contributed by atoms with E-state index in [0.29, 0.717) is 28.9 Å². The number of ether oxygens (including phenoxy) is 1. The maximum Gasteiger partial charge on any atom is 0.275 e. The van der Waals surface area contributed by atoms with Crippen LogP contribution in [0.2, 0.25) is 0 Å². The molecule has 0 aliphatic carbocycles. The summed E-state index contributed by atoms with van der Waals surface area (Å²) in [4.78, 5) is 20.8. The molecule has 122 valence electrons. The monoisotopic (exact) mass is 321 g/mol. The number of benzene rings is 1. The highest BCUT2D eigenvalue weighted by Crippen LogP contribution is 2.27. The van der Waals surface area contributed by atoms with Crippen molar-refractivity contribution in [1.29, 1.82) is 0 Å². The van der Waals surface area contributed by atoms with Crippen molar-refractivity contribution in [3.05, 3.63) is 65.1 Å². The fourth-order valence-corrected chi connectivity index (χ4v) is 2.46. The largest absolute Gasteiger partial charge is 0.496 e. The fraction of sp³-hybridized carbons (Fsp3) is 0.211. The van der Waals surface area contributed by atoms with Crippen molar-refractivity contribution in [3.8, 4) is 5.75 Å². The number of pyridine rings is 1. The SMILES string of the molecule is COc1ccc(C(C)C)cc1/C=C1\N=C(c2ccccn2)NC1=O. The van der Waals surface area contributed by atoms with Crippen molar-refractivity contribution in [1.82, 2.24) is 10.3 Å². The van der Waals surface area contributed by atoms with Gasteiger partial charge in [-0.3, -0.25) is 9.78 Å². The average Bonchev–Trinajstić information content (AvgIpc) is 2.96. The second-order valence-corrected chi connectivity index (χ2v) is 5.82. The van der Waals surface area contributed by atoms with E-state index in [0.717, 1.165) is 5.56 Å². The molecule has 0 atom stereocenters. The zero-order valence-electron chi connectivity index (χ0n) is 13.9. The van der Waals surface area contributed by atoms with Crippen LogP contribution in [0.25, 0.3) is 6.08 Å². The number of aromatic nitrogens is 1. The van der Waals surface area contributed by atoms with Crippen molar-refractivity contribution in [2.45, 2.75) is 19.8 Å². The Morgan fingerprint density at radius 2 is 2.04 bits per heavy atom. The number of nitrogens with zero attached hydrogens (tertiary/aromatic N) is 2. The molecule has 2 heterocycles. The quantitative estimate of drug-likeness (QED) is 0.880. The molecular formula is C19H19N3O2. The summed E-state index contributed by atoms with van der Waals surface area (Å²) in [7, 11) is 1.61. The summed E-state index contributed by atoms with van der Waals surface area (Å²) in [5.41, 5.74) is 2.99. The number of amidine groups is 1. The summed E-state index contributed by atoms with van der Waals surface area (Å²) in [6.07, 6.45) is 3.41. The standard InChI is InChI=1S/C19H19N3O2/c1-12(2)13-7-8-17(24-3)14(10-13)11-16-19(23)22-18(21-16)15-6-4-5-9-20-15/h4-12H,1-3H3,(H,21,22,23)/b16-11-. The maximum absolute atomic E-state index is 12.2. The minimum absolute atomic E-state index is 0.243. The van der Waals surface area contributed by atoms with Crippen LogP contribution in [0, 0.1) is 0 Å². The van der Waals surface area contributed by atoms with Crippen LogP contribution < -0.4 is 10.1 Å². The number of methoxy groups -OCH3 is 1. The molecule has 0 saturated heterocycles. The van der Waals surface area contributed by atoms with Crippen LogP contribution in [0.3, 0.4) is 0 Å². The van der Waals surface area contributed by atoms with Gasteiger partial charge in [-0.05, 0) is 41.8 Å². The van der Waals surface area contributed by atoms with Gasteiger partial charge in [0.15, 0.2) is 5.84 Å². The van der Waals surface area contributed by atoms with Gasteiger partial charge in [0.2, 0.25) is 0 Å². The van der Waals surface area contributed by atoms with Crippen molar-refractivity contribution >= 4 is 17.8 Å². The van der Waals surface area contributed by atoms with E-state index in [4.69, 9.17) is 4.74 Å². The third kappa shape index (κ3) is 3.20. The number of carbonyl (C=O) groups excluding carboxylic acids is 1. The molecule has 2 aromatic rings. The first-order chi connectivity index (χ1) is 11.6. The Bertz CT molecular complexity index is 824. The Morgan fingerprint density at radius 3 is 2.71 bits per heavy atom. The molecule has 0 unspecified atom stereocenters. The number of carbonyl (C=O) groups is 1. The van der Waals surface area contributed by atoms with Gasteiger partial charge in [-0.2, -0.15) is 0 Å². The Labute approximate surface area is 141 Å². The lowest BCUT2D eigenvalue weighted by Gasteiger charge is -2.10. The third-order valence-corrected chi connectivity index (χ3v) is 3.82. The van der Waals surface area contributed by atoms with Crippen molar-refractivity contribution in [2.24, 2.45) is 4.99 Å². The Kier molecular flexibility index (Phi) is 4.42. The molecule has 1 aromatic heterocycles. The van der Waals surface area contributed by atoms with E-state index in [1.165, 1.54) is 5.56 Å². The molecule has 0 fully saturated rings. The molecule has 1 aliphatic heterocycles. The van der Waals surface area contributed by atoms with Gasteiger partial charge < -0.3 is 10.1 Å². The minimum atomic E-state index is -0.243. The summed E-state index contributed by atoms with van der Waals surface area (Å²) in [5, 5.41) is 2.75. The number of aliphatic imine (C=N–C) groups is 1. The first-order valence-corrected chi connectivity index (χ1v) is 7.79. The van der Waals surface area contributed by atoms with Crippen molar-refractivity contribution in [2.75, 3.05) is 7.11 Å². The first kappa shape index (κ1) is 15.9. The molecule has 0 radical (unpaired) electrons. The van der Waals surface area contributed by atoms with Gasteiger partial charge in [-0.1, -0.05) is 26.0 Å². The first-order valence-electron chi connectivity index (χ1n) is 7.79. The average molecular weight is 321 g/mol. The van der Waals surface area contributed by atoms with Gasteiger partial charge in [-0.25, -0.2) is 4.99 Å². The molecule has 5 nitrogen and oxygen atoms in total. The van der Waals surface area contributed by atoms with Crippen LogP contribution in [-0.2, 0) is 4.79 Å². The fourth-order valence-electron chi connectivity index (χ4n) is 2.46. The van der Waals surface area contributed by atoms with Crippen LogP contribution in [-0.4, -0.2) is 23.8 Å². The molecule has 1 aliphatic rings. The van der Waals surface area contributed by atoms with Gasteiger partial charge in [0.05, 0.1) is 7.11 Å². The van der Waals surface area contributed by atoms with E-state index >= 15 is 0 Å². The molecule has 1 aromatic carbocycles. The summed E-state index contributed by atoms with van der Waals surface area (Å²) >= 11 is 0. The Morgan fingerprint density at radius 1 is 1.21 bits per heavy atom. The van der Waals surface area contributed by atoms with E-state index in [9.17, 15) is 4.79 Å². The van der Waals surface area contributed by atoms with Crippen LogP contribution in [0.1, 0.15) is 36.6 Å². The second kappa shape index (κ2) is 6.66. The third-order valence-electron chi connectivity index (χ3n) is 3.82. The zero-order valence-corrected chi connectivity index (χ0v) is 13.9. The topological polar surface area (TPSA) is 63.6 Å². The minimum Gasteiger partial charge on any atom is -0.496 e. The molecule has 24 heavy (non-hydrogen) atoms. The molecule has 1 N–H and O–H groups in total. The summed E-state index contributed by atoms with van der Waals surface area (Å²) < 4.78 is 5.40. The Hall–Kier alpha value is -2.95. The molecule has 5 heteroatoms. The van der Waals surface area contributed by atoms with Crippen LogP contribution in [0.4, 0.5) is 0 Å². The summed E-state index contributed by atoms with van der Waals surface area (Å²) in [6.45, 7) is 4.25. The zero-order chi connectivity index (χ0) is 17.1. The number of rotatable bonds is 4. The van der Waals surface area contributed by atoms with Gasteiger partial charge in [0, 0.05) is 11.8 Å². The van der Waals surface area contributed by atoms with E-state index in [-0.39, 0.29) is 5.91 Å². The van der Waals surface area contributed by atoms with Crippen LogP contribution in [0.5, 0.6) is 5.75 Å².